The Morgan fingerprint density at radius 3 is 2.47 bits per heavy atom. The molecule has 0 bridgehead atoms. The Bertz CT molecular complexity index is 1120. The van der Waals surface area contributed by atoms with Gasteiger partial charge < -0.3 is 9.30 Å². The highest BCUT2D eigenvalue weighted by molar-refractivity contribution is 7.99. The molecule has 3 aromatic heterocycles. The van der Waals surface area contributed by atoms with Crippen LogP contribution in [0.1, 0.15) is 23.1 Å². The van der Waals surface area contributed by atoms with Crippen LogP contribution in [-0.2, 0) is 17.7 Å². The van der Waals surface area contributed by atoms with Crippen molar-refractivity contribution >= 4 is 28.9 Å². The fourth-order valence-electron chi connectivity index (χ4n) is 2.59. The molecule has 0 N–H and O–H groups in total. The summed E-state index contributed by atoms with van der Waals surface area (Å²) in [7, 11) is 2.67. The van der Waals surface area contributed by atoms with Gasteiger partial charge in [0.1, 0.15) is 22.6 Å². The number of halogens is 5. The first kappa shape index (κ1) is 21.9. The summed E-state index contributed by atoms with van der Waals surface area (Å²) < 4.78 is 71.3. The lowest BCUT2D eigenvalue weighted by atomic mass is 10.2. The number of hydrogen-bond donors (Lipinski definition) is 0. The summed E-state index contributed by atoms with van der Waals surface area (Å²) in [4.78, 5) is 20.8. The second-order valence-corrected chi connectivity index (χ2v) is 7.28. The van der Waals surface area contributed by atoms with Gasteiger partial charge >= 0.3 is 18.1 Å². The first-order valence-corrected chi connectivity index (χ1v) is 9.37. The fourth-order valence-corrected chi connectivity index (χ4v) is 3.34. The van der Waals surface area contributed by atoms with Gasteiger partial charge in [0, 0.05) is 11.9 Å². The highest BCUT2D eigenvalue weighted by Crippen LogP contribution is 2.43. The van der Waals surface area contributed by atoms with Crippen molar-refractivity contribution in [3.8, 4) is 11.5 Å². The summed E-state index contributed by atoms with van der Waals surface area (Å²) in [6.07, 6.45) is -5.83. The number of aromatic nitrogens is 5. The van der Waals surface area contributed by atoms with E-state index in [1.54, 1.807) is 6.07 Å². The molecule has 160 valence electrons. The average molecular weight is 447 g/mol. The van der Waals surface area contributed by atoms with E-state index in [0.29, 0.717) is 16.7 Å². The van der Waals surface area contributed by atoms with Gasteiger partial charge in [0.25, 0.3) is 0 Å². The molecule has 0 unspecified atom stereocenters. The maximum atomic E-state index is 13.6. The molecule has 0 aliphatic heterocycles. The van der Waals surface area contributed by atoms with Crippen LogP contribution in [0, 0.1) is 0 Å². The summed E-state index contributed by atoms with van der Waals surface area (Å²) in [6, 6.07) is 3.62. The van der Waals surface area contributed by atoms with Crippen molar-refractivity contribution in [2.24, 2.45) is 7.05 Å². The van der Waals surface area contributed by atoms with E-state index in [4.69, 9.17) is 0 Å². The van der Waals surface area contributed by atoms with Gasteiger partial charge in [0.2, 0.25) is 0 Å². The number of rotatable bonds is 5. The number of hydrogen-bond acceptors (Lipinski definition) is 7. The molecular weight excluding hydrogens is 433 g/mol. The summed E-state index contributed by atoms with van der Waals surface area (Å²) in [5, 5.41) is 6.55. The number of methoxy groups -OCH3 is 1. The average Bonchev–Trinajstić information content (AvgIpc) is 3.03. The van der Waals surface area contributed by atoms with Gasteiger partial charge in [-0.3, -0.25) is 0 Å². The van der Waals surface area contributed by atoms with E-state index in [-0.39, 0.29) is 28.4 Å². The van der Waals surface area contributed by atoms with Crippen molar-refractivity contribution in [3.63, 3.8) is 0 Å². The van der Waals surface area contributed by atoms with Crippen molar-refractivity contribution < 1.29 is 31.5 Å². The fraction of sp³-hybridized carbons (Fsp3) is 0.353. The monoisotopic (exact) mass is 447 g/mol. The van der Waals surface area contributed by atoms with Crippen LogP contribution < -0.4 is 0 Å². The summed E-state index contributed by atoms with van der Waals surface area (Å²) in [5.41, 5.74) is -1.60. The van der Waals surface area contributed by atoms with Crippen LogP contribution in [-0.4, -0.2) is 49.7 Å². The second kappa shape index (κ2) is 7.78. The number of nitrogens with zero attached hydrogens (tertiary/aromatic N) is 5. The van der Waals surface area contributed by atoms with Crippen LogP contribution in [0.2, 0.25) is 0 Å². The molecule has 0 radical (unpaired) electrons. The molecule has 0 atom stereocenters. The molecule has 0 spiro atoms. The molecule has 0 amide bonds. The Hall–Kier alpha value is -2.83. The normalized spacial score (nSPS) is 12.4. The predicted octanol–water partition coefficient (Wildman–Crippen LogP) is 3.98. The molecule has 0 aromatic carbocycles. The highest BCUT2D eigenvalue weighted by atomic mass is 32.2. The van der Waals surface area contributed by atoms with Crippen molar-refractivity contribution in [1.82, 2.24) is 24.7 Å². The third-order valence-corrected chi connectivity index (χ3v) is 4.99. The van der Waals surface area contributed by atoms with Gasteiger partial charge in [-0.15, -0.1) is 22.0 Å². The van der Waals surface area contributed by atoms with Crippen molar-refractivity contribution in [3.05, 3.63) is 29.6 Å². The Balaban J connectivity index is 2.20. The zero-order valence-electron chi connectivity index (χ0n) is 15.8. The number of thioether (sulfide) groups is 1. The van der Waals surface area contributed by atoms with Crippen LogP contribution in [0.15, 0.2) is 23.1 Å². The lowest BCUT2D eigenvalue weighted by Gasteiger charge is -2.17. The molecule has 0 aliphatic rings. The van der Waals surface area contributed by atoms with Crippen LogP contribution in [0.5, 0.6) is 0 Å². The molecule has 3 heterocycles. The van der Waals surface area contributed by atoms with E-state index in [1.807, 2.05) is 6.92 Å². The summed E-state index contributed by atoms with van der Waals surface area (Å²) >= 11 is 1.38. The molecule has 0 aliphatic carbocycles. The quantitative estimate of drug-likeness (QED) is 0.332. The first-order chi connectivity index (χ1) is 14.0. The number of aryl methyl sites for hydroxylation is 1. The van der Waals surface area contributed by atoms with Gasteiger partial charge in [0.15, 0.2) is 11.5 Å². The highest BCUT2D eigenvalue weighted by Gasteiger charge is 2.60. The smallest absolute Gasteiger partial charge is 0.459 e. The number of ether oxygens (including phenoxy) is 1. The SMILES string of the molecule is CCSc1ccc(C(=O)OC)nc1-c1nc2cc(C(F)(F)C(F)(F)F)nnc2n1C. The predicted molar refractivity (Wildman–Crippen MR) is 97.2 cm³/mol. The van der Waals surface area contributed by atoms with Crippen molar-refractivity contribution in [2.75, 3.05) is 12.9 Å². The topological polar surface area (TPSA) is 82.8 Å². The molecule has 7 nitrogen and oxygen atoms in total. The molecular formula is C17H14F5N5O2S. The van der Waals surface area contributed by atoms with Crippen molar-refractivity contribution in [1.29, 1.82) is 0 Å². The van der Waals surface area contributed by atoms with E-state index >= 15 is 0 Å². The summed E-state index contributed by atoms with van der Waals surface area (Å²) in [6.45, 7) is 1.88. The molecule has 0 saturated heterocycles. The van der Waals surface area contributed by atoms with Crippen LogP contribution >= 0.6 is 11.8 Å². The molecule has 3 aromatic rings. The largest absolute Gasteiger partial charge is 0.464 e. The number of pyridine rings is 1. The third kappa shape index (κ3) is 3.68. The zero-order valence-corrected chi connectivity index (χ0v) is 16.6. The summed E-state index contributed by atoms with van der Waals surface area (Å²) in [5.74, 6) is -5.11. The number of carbonyl (C=O) groups excluding carboxylic acids is 1. The van der Waals surface area contributed by atoms with Gasteiger partial charge in [-0.2, -0.15) is 22.0 Å². The zero-order chi connectivity index (χ0) is 22.3. The molecule has 30 heavy (non-hydrogen) atoms. The lowest BCUT2D eigenvalue weighted by molar-refractivity contribution is -0.291. The first-order valence-electron chi connectivity index (χ1n) is 8.39. The Labute approximate surface area is 170 Å². The minimum atomic E-state index is -5.83. The Morgan fingerprint density at radius 1 is 1.17 bits per heavy atom. The minimum Gasteiger partial charge on any atom is -0.464 e. The maximum Gasteiger partial charge on any atom is 0.459 e. The van der Waals surface area contributed by atoms with E-state index in [1.165, 1.54) is 36.6 Å². The third-order valence-electron chi connectivity index (χ3n) is 4.06. The Morgan fingerprint density at radius 2 is 1.87 bits per heavy atom. The van der Waals surface area contributed by atoms with Crippen LogP contribution in [0.25, 0.3) is 22.7 Å². The number of carbonyl (C=O) groups is 1. The number of esters is 1. The maximum absolute atomic E-state index is 13.6. The number of alkyl halides is 5. The number of fused-ring (bicyclic) bond motifs is 1. The lowest BCUT2D eigenvalue weighted by Crippen LogP contribution is -2.34. The van der Waals surface area contributed by atoms with Crippen LogP contribution in [0.3, 0.4) is 0 Å². The second-order valence-electron chi connectivity index (χ2n) is 5.97. The molecule has 0 saturated carbocycles. The molecule has 3 rings (SSSR count). The van der Waals surface area contributed by atoms with E-state index in [0.717, 1.165) is 0 Å². The van der Waals surface area contributed by atoms with Gasteiger partial charge in [0.05, 0.1) is 7.11 Å². The van der Waals surface area contributed by atoms with Gasteiger partial charge in [-0.1, -0.05) is 6.92 Å². The van der Waals surface area contributed by atoms with Gasteiger partial charge in [-0.05, 0) is 24.0 Å². The van der Waals surface area contributed by atoms with Crippen molar-refractivity contribution in [2.45, 2.75) is 23.9 Å². The van der Waals surface area contributed by atoms with E-state index in [2.05, 4.69) is 24.9 Å². The molecule has 13 heteroatoms. The van der Waals surface area contributed by atoms with Crippen LogP contribution in [0.4, 0.5) is 22.0 Å². The Kier molecular flexibility index (Phi) is 5.67. The minimum absolute atomic E-state index is 0.0182. The molecule has 0 fully saturated rings. The standard InChI is InChI=1S/C17H14F5N5O2S/c1-4-30-10-6-5-8(15(28)29-3)23-12(10)14-24-9-7-11(16(18,19)17(20,21)22)25-26-13(9)27(14)2/h5-7H,4H2,1-3H3. The number of imidazole rings is 1. The van der Waals surface area contributed by atoms with E-state index in [9.17, 15) is 26.7 Å². The van der Waals surface area contributed by atoms with Gasteiger partial charge in [-0.25, -0.2) is 14.8 Å². The van der Waals surface area contributed by atoms with E-state index < -0.39 is 23.8 Å².